The van der Waals surface area contributed by atoms with Crippen LogP contribution in [-0.4, -0.2) is 4.98 Å². The van der Waals surface area contributed by atoms with Crippen molar-refractivity contribution in [3.63, 3.8) is 0 Å². The summed E-state index contributed by atoms with van der Waals surface area (Å²) in [4.78, 5) is 5.77. The molecule has 0 radical (unpaired) electrons. The average molecular weight is 207 g/mol. The molecule has 1 heterocycles. The number of H-pyrrole nitrogens is 1. The SMILES string of the molecule is [N-]=[N+]=NCc1c[nH]c2c(Cl)cccc12. The molecule has 1 N–H and O–H groups in total. The molecule has 1 aromatic carbocycles. The third kappa shape index (κ3) is 1.41. The number of benzene rings is 1. The van der Waals surface area contributed by atoms with Gasteiger partial charge in [-0.1, -0.05) is 28.8 Å². The molecule has 0 aliphatic carbocycles. The number of aromatic amines is 1. The first-order valence-electron chi connectivity index (χ1n) is 4.08. The highest BCUT2D eigenvalue weighted by atomic mass is 35.5. The molecule has 4 nitrogen and oxygen atoms in total. The van der Waals surface area contributed by atoms with Gasteiger partial charge in [0.2, 0.25) is 0 Å². The van der Waals surface area contributed by atoms with E-state index in [1.807, 2.05) is 24.4 Å². The monoisotopic (exact) mass is 206 g/mol. The Kier molecular flexibility index (Phi) is 2.31. The highest BCUT2D eigenvalue weighted by Gasteiger charge is 2.04. The van der Waals surface area contributed by atoms with E-state index in [2.05, 4.69) is 15.0 Å². The molecule has 1 aromatic heterocycles. The van der Waals surface area contributed by atoms with E-state index >= 15 is 0 Å². The second-order valence-electron chi connectivity index (χ2n) is 2.87. The van der Waals surface area contributed by atoms with Crippen molar-refractivity contribution < 1.29 is 0 Å². The van der Waals surface area contributed by atoms with Gasteiger partial charge in [-0.3, -0.25) is 0 Å². The maximum atomic E-state index is 8.21. The molecule has 2 rings (SSSR count). The molecule has 0 atom stereocenters. The molecule has 0 aliphatic rings. The van der Waals surface area contributed by atoms with Gasteiger partial charge in [0.15, 0.2) is 0 Å². The van der Waals surface area contributed by atoms with Crippen LogP contribution in [0, 0.1) is 0 Å². The van der Waals surface area contributed by atoms with Gasteiger partial charge < -0.3 is 4.98 Å². The van der Waals surface area contributed by atoms with Crippen molar-refractivity contribution in [2.24, 2.45) is 5.11 Å². The Bertz CT molecular complexity index is 511. The third-order valence-corrected chi connectivity index (χ3v) is 2.37. The van der Waals surface area contributed by atoms with Gasteiger partial charge in [-0.25, -0.2) is 0 Å². The van der Waals surface area contributed by atoms with Crippen LogP contribution < -0.4 is 0 Å². The second kappa shape index (κ2) is 3.62. The lowest BCUT2D eigenvalue weighted by Gasteiger charge is -1.94. The minimum absolute atomic E-state index is 0.344. The molecule has 0 amide bonds. The highest BCUT2D eigenvalue weighted by Crippen LogP contribution is 2.25. The summed E-state index contributed by atoms with van der Waals surface area (Å²) in [5.74, 6) is 0. The fourth-order valence-corrected chi connectivity index (χ4v) is 1.64. The smallest absolute Gasteiger partial charge is 0.0647 e. The molecule has 0 saturated carbocycles. The van der Waals surface area contributed by atoms with E-state index in [0.29, 0.717) is 11.6 Å². The predicted molar refractivity (Wildman–Crippen MR) is 56.2 cm³/mol. The number of nitrogens with zero attached hydrogens (tertiary/aromatic N) is 3. The number of nitrogens with one attached hydrogen (secondary N) is 1. The Hall–Kier alpha value is -1.64. The number of hydrogen-bond donors (Lipinski definition) is 1. The molecular formula is C9H7ClN4. The first-order valence-corrected chi connectivity index (χ1v) is 4.46. The van der Waals surface area contributed by atoms with Crippen LogP contribution in [0.5, 0.6) is 0 Å². The molecule has 0 aliphatic heterocycles. The van der Waals surface area contributed by atoms with Gasteiger partial charge in [-0.05, 0) is 17.2 Å². The summed E-state index contributed by atoms with van der Waals surface area (Å²) in [6, 6.07) is 5.63. The zero-order chi connectivity index (χ0) is 9.97. The average Bonchev–Trinajstić information content (AvgIpc) is 2.60. The standard InChI is InChI=1S/C9H7ClN4/c10-8-3-1-2-7-6(5-13-14-11)4-12-9(7)8/h1-4,12H,5H2. The fourth-order valence-electron chi connectivity index (χ4n) is 1.41. The normalized spacial score (nSPS) is 10.1. The van der Waals surface area contributed by atoms with E-state index in [1.54, 1.807) is 0 Å². The zero-order valence-electron chi connectivity index (χ0n) is 7.24. The van der Waals surface area contributed by atoms with E-state index in [0.717, 1.165) is 16.5 Å². The minimum Gasteiger partial charge on any atom is -0.360 e. The van der Waals surface area contributed by atoms with E-state index in [1.165, 1.54) is 0 Å². The molecule has 0 fully saturated rings. The summed E-state index contributed by atoms with van der Waals surface area (Å²) in [6.07, 6.45) is 1.81. The summed E-state index contributed by atoms with van der Waals surface area (Å²) < 4.78 is 0. The lowest BCUT2D eigenvalue weighted by atomic mass is 10.2. The molecule has 0 saturated heterocycles. The van der Waals surface area contributed by atoms with Gasteiger partial charge in [-0.2, -0.15) is 0 Å². The van der Waals surface area contributed by atoms with E-state index in [-0.39, 0.29) is 0 Å². The summed E-state index contributed by atoms with van der Waals surface area (Å²) in [6.45, 7) is 0.344. The Morgan fingerprint density at radius 3 is 3.14 bits per heavy atom. The summed E-state index contributed by atoms with van der Waals surface area (Å²) in [7, 11) is 0. The maximum Gasteiger partial charge on any atom is 0.0647 e. The minimum atomic E-state index is 0.344. The van der Waals surface area contributed by atoms with E-state index in [4.69, 9.17) is 17.1 Å². The van der Waals surface area contributed by atoms with Crippen LogP contribution in [0.3, 0.4) is 0 Å². The van der Waals surface area contributed by atoms with Crippen LogP contribution in [0.1, 0.15) is 5.56 Å². The molecule has 0 unspecified atom stereocenters. The van der Waals surface area contributed by atoms with Crippen LogP contribution in [0.25, 0.3) is 21.3 Å². The largest absolute Gasteiger partial charge is 0.360 e. The third-order valence-electron chi connectivity index (χ3n) is 2.05. The number of rotatable bonds is 2. The zero-order valence-corrected chi connectivity index (χ0v) is 7.99. The number of azide groups is 1. The van der Waals surface area contributed by atoms with Crippen molar-refractivity contribution in [2.75, 3.05) is 0 Å². The van der Waals surface area contributed by atoms with Crippen LogP contribution in [0.4, 0.5) is 0 Å². The maximum absolute atomic E-state index is 8.21. The van der Waals surface area contributed by atoms with Crippen molar-refractivity contribution in [1.29, 1.82) is 0 Å². The number of aromatic nitrogens is 1. The van der Waals surface area contributed by atoms with Crippen molar-refractivity contribution >= 4 is 22.5 Å². The Labute approximate surface area is 85.1 Å². The first kappa shape index (κ1) is 8.94. The summed E-state index contributed by atoms with van der Waals surface area (Å²) >= 11 is 5.97. The molecule has 2 aromatic rings. The number of para-hydroxylation sites is 1. The molecule has 0 spiro atoms. The highest BCUT2D eigenvalue weighted by molar-refractivity contribution is 6.35. The molecule has 14 heavy (non-hydrogen) atoms. The first-order chi connectivity index (χ1) is 6.83. The molecular weight excluding hydrogens is 200 g/mol. The second-order valence-corrected chi connectivity index (χ2v) is 3.27. The van der Waals surface area contributed by atoms with Crippen molar-refractivity contribution in [2.45, 2.75) is 6.54 Å². The predicted octanol–water partition coefficient (Wildman–Crippen LogP) is 3.63. The number of halogens is 1. The fraction of sp³-hybridized carbons (Fsp3) is 0.111. The van der Waals surface area contributed by atoms with Gasteiger partial charge in [0.05, 0.1) is 17.1 Å². The van der Waals surface area contributed by atoms with Crippen molar-refractivity contribution in [1.82, 2.24) is 4.98 Å². The number of hydrogen-bond acceptors (Lipinski definition) is 1. The molecule has 5 heteroatoms. The lowest BCUT2D eigenvalue weighted by Crippen LogP contribution is -1.75. The topological polar surface area (TPSA) is 64.6 Å². The van der Waals surface area contributed by atoms with Gasteiger partial charge in [-0.15, -0.1) is 0 Å². The van der Waals surface area contributed by atoms with Crippen molar-refractivity contribution in [3.05, 3.63) is 45.4 Å². The summed E-state index contributed by atoms with van der Waals surface area (Å²) in [5.41, 5.74) is 10.1. The van der Waals surface area contributed by atoms with Gasteiger partial charge >= 0.3 is 0 Å². The van der Waals surface area contributed by atoms with Gasteiger partial charge in [0, 0.05) is 16.5 Å². The van der Waals surface area contributed by atoms with Crippen LogP contribution in [0.2, 0.25) is 5.02 Å². The Morgan fingerprint density at radius 2 is 2.36 bits per heavy atom. The van der Waals surface area contributed by atoms with Crippen LogP contribution in [0.15, 0.2) is 29.5 Å². The lowest BCUT2D eigenvalue weighted by molar-refractivity contribution is 1.06. The van der Waals surface area contributed by atoms with Crippen LogP contribution >= 0.6 is 11.6 Å². The van der Waals surface area contributed by atoms with Crippen LogP contribution in [-0.2, 0) is 6.54 Å². The Balaban J connectivity index is 2.57. The van der Waals surface area contributed by atoms with Crippen molar-refractivity contribution in [3.8, 4) is 0 Å². The summed E-state index contributed by atoms with van der Waals surface area (Å²) in [5, 5.41) is 5.19. The molecule has 0 bridgehead atoms. The van der Waals surface area contributed by atoms with E-state index in [9.17, 15) is 0 Å². The van der Waals surface area contributed by atoms with E-state index < -0.39 is 0 Å². The van der Waals surface area contributed by atoms with Gasteiger partial charge in [0.25, 0.3) is 0 Å². The van der Waals surface area contributed by atoms with Gasteiger partial charge in [0.1, 0.15) is 0 Å². The quantitative estimate of drug-likeness (QED) is 0.443. The molecule has 70 valence electrons. The number of fused-ring (bicyclic) bond motifs is 1. The Morgan fingerprint density at radius 1 is 1.50 bits per heavy atom.